The molecule has 6 heteroatoms. The van der Waals surface area contributed by atoms with Gasteiger partial charge >= 0.3 is 0 Å². The molecule has 2 rings (SSSR count). The molecular weight excluding hydrogens is 295 g/mol. The van der Waals surface area contributed by atoms with Crippen molar-refractivity contribution in [2.75, 3.05) is 19.6 Å². The second kappa shape index (κ2) is 7.20. The van der Waals surface area contributed by atoms with Crippen molar-refractivity contribution in [1.29, 1.82) is 0 Å². The first-order valence-electron chi connectivity index (χ1n) is 6.84. The summed E-state index contributed by atoms with van der Waals surface area (Å²) in [6.45, 7) is 5.33. The zero-order valence-electron chi connectivity index (χ0n) is 12.2. The van der Waals surface area contributed by atoms with Crippen LogP contribution in [0.25, 0.3) is 0 Å². The van der Waals surface area contributed by atoms with Crippen LogP contribution in [0.15, 0.2) is 24.3 Å². The highest BCUT2D eigenvalue weighted by atomic mass is 35.5. The second-order valence-electron chi connectivity index (χ2n) is 5.83. The number of carbonyl (C=O) groups is 1. The molecule has 2 atom stereocenters. The van der Waals surface area contributed by atoms with Gasteiger partial charge in [-0.15, -0.1) is 12.4 Å². The Morgan fingerprint density at radius 3 is 2.52 bits per heavy atom. The lowest BCUT2D eigenvalue weighted by molar-refractivity contribution is -0.125. The van der Waals surface area contributed by atoms with E-state index in [2.05, 4.69) is 10.6 Å². The van der Waals surface area contributed by atoms with Gasteiger partial charge in [-0.2, -0.15) is 0 Å². The molecule has 1 amide bonds. The van der Waals surface area contributed by atoms with Crippen molar-refractivity contribution in [2.24, 2.45) is 5.92 Å². The van der Waals surface area contributed by atoms with Gasteiger partial charge in [-0.05, 0) is 31.5 Å². The lowest BCUT2D eigenvalue weighted by Gasteiger charge is -2.25. The first-order chi connectivity index (χ1) is 9.41. The average Bonchev–Trinajstić information content (AvgIpc) is 2.82. The molecule has 118 valence electrons. The standard InChI is InChI=1S/C15H21FN2O2.ClH/c1-15(2,11-3-5-12(16)6-4-11)14(20)18-8-10-7-17-9-13(10)19;/h3-6,10,13,17,19H,7-9H2,1-2H3,(H,18,20);1H. The fourth-order valence-corrected chi connectivity index (χ4v) is 2.37. The van der Waals surface area contributed by atoms with Crippen LogP contribution in [0.2, 0.25) is 0 Å². The van der Waals surface area contributed by atoms with Crippen LogP contribution < -0.4 is 10.6 Å². The van der Waals surface area contributed by atoms with E-state index in [1.54, 1.807) is 26.0 Å². The Labute approximate surface area is 130 Å². The first-order valence-corrected chi connectivity index (χ1v) is 6.84. The number of aliphatic hydroxyl groups is 1. The number of halogens is 2. The lowest BCUT2D eigenvalue weighted by Crippen LogP contribution is -2.43. The minimum Gasteiger partial charge on any atom is -0.391 e. The Morgan fingerprint density at radius 2 is 2.00 bits per heavy atom. The summed E-state index contributed by atoms with van der Waals surface area (Å²) >= 11 is 0. The zero-order valence-corrected chi connectivity index (χ0v) is 13.0. The number of amides is 1. The highest BCUT2D eigenvalue weighted by Crippen LogP contribution is 2.23. The third kappa shape index (κ3) is 4.15. The second-order valence-corrected chi connectivity index (χ2v) is 5.83. The predicted molar refractivity (Wildman–Crippen MR) is 82.1 cm³/mol. The van der Waals surface area contributed by atoms with Gasteiger partial charge in [0.05, 0.1) is 11.5 Å². The van der Waals surface area contributed by atoms with Crippen molar-refractivity contribution >= 4 is 18.3 Å². The van der Waals surface area contributed by atoms with E-state index in [-0.39, 0.29) is 30.0 Å². The molecule has 0 bridgehead atoms. The van der Waals surface area contributed by atoms with Crippen molar-refractivity contribution in [3.63, 3.8) is 0 Å². The highest BCUT2D eigenvalue weighted by Gasteiger charge is 2.31. The van der Waals surface area contributed by atoms with Gasteiger partial charge in [0.15, 0.2) is 0 Å². The van der Waals surface area contributed by atoms with E-state index in [0.29, 0.717) is 19.6 Å². The van der Waals surface area contributed by atoms with Gasteiger partial charge in [-0.25, -0.2) is 4.39 Å². The summed E-state index contributed by atoms with van der Waals surface area (Å²) in [6, 6.07) is 5.96. The fraction of sp³-hybridized carbons (Fsp3) is 0.533. The summed E-state index contributed by atoms with van der Waals surface area (Å²) in [7, 11) is 0. The Bertz CT molecular complexity index is 479. The molecule has 0 aromatic heterocycles. The van der Waals surface area contributed by atoms with Gasteiger partial charge in [0.25, 0.3) is 0 Å². The molecule has 2 unspecified atom stereocenters. The minimum absolute atomic E-state index is 0. The monoisotopic (exact) mass is 316 g/mol. The molecule has 1 aliphatic rings. The Kier molecular flexibility index (Phi) is 6.13. The minimum atomic E-state index is -0.731. The van der Waals surface area contributed by atoms with Gasteiger partial charge in [0.1, 0.15) is 5.82 Å². The topological polar surface area (TPSA) is 61.4 Å². The zero-order chi connectivity index (χ0) is 14.8. The molecule has 0 radical (unpaired) electrons. The number of aliphatic hydroxyl groups excluding tert-OH is 1. The Balaban J connectivity index is 0.00000220. The number of hydrogen-bond donors (Lipinski definition) is 3. The summed E-state index contributed by atoms with van der Waals surface area (Å²) in [6.07, 6.45) is -0.413. The van der Waals surface area contributed by atoms with Crippen molar-refractivity contribution in [1.82, 2.24) is 10.6 Å². The summed E-state index contributed by atoms with van der Waals surface area (Å²) in [5.74, 6) is -0.392. The van der Waals surface area contributed by atoms with Gasteiger partial charge in [-0.3, -0.25) is 4.79 Å². The third-order valence-corrected chi connectivity index (χ3v) is 3.96. The molecule has 1 aromatic rings. The van der Waals surface area contributed by atoms with Crippen molar-refractivity contribution < 1.29 is 14.3 Å². The molecule has 21 heavy (non-hydrogen) atoms. The number of β-amino-alcohol motifs (C(OH)–C–C–N with tert-alkyl or cyclic N) is 1. The maximum atomic E-state index is 12.9. The van der Waals surface area contributed by atoms with E-state index in [9.17, 15) is 14.3 Å². The molecule has 4 nitrogen and oxygen atoms in total. The van der Waals surface area contributed by atoms with Crippen LogP contribution in [0.4, 0.5) is 4.39 Å². The highest BCUT2D eigenvalue weighted by molar-refractivity contribution is 5.87. The number of hydrogen-bond acceptors (Lipinski definition) is 3. The fourth-order valence-electron chi connectivity index (χ4n) is 2.37. The van der Waals surface area contributed by atoms with Crippen LogP contribution in [0.1, 0.15) is 19.4 Å². The number of rotatable bonds is 4. The molecule has 3 N–H and O–H groups in total. The van der Waals surface area contributed by atoms with E-state index in [1.807, 2.05) is 0 Å². The maximum absolute atomic E-state index is 12.9. The van der Waals surface area contributed by atoms with Crippen LogP contribution in [-0.2, 0) is 10.2 Å². The van der Waals surface area contributed by atoms with Crippen molar-refractivity contribution in [3.05, 3.63) is 35.6 Å². The SMILES string of the molecule is CC(C)(C(=O)NCC1CNCC1O)c1ccc(F)cc1.Cl. The van der Waals surface area contributed by atoms with Crippen molar-refractivity contribution in [2.45, 2.75) is 25.4 Å². The smallest absolute Gasteiger partial charge is 0.230 e. The molecule has 0 aliphatic carbocycles. The molecule has 1 saturated heterocycles. The Morgan fingerprint density at radius 1 is 1.38 bits per heavy atom. The van der Waals surface area contributed by atoms with E-state index in [0.717, 1.165) is 5.56 Å². The predicted octanol–water partition coefficient (Wildman–Crippen LogP) is 1.22. The van der Waals surface area contributed by atoms with Crippen LogP contribution in [0.5, 0.6) is 0 Å². The van der Waals surface area contributed by atoms with Crippen LogP contribution in [0, 0.1) is 11.7 Å². The molecule has 0 spiro atoms. The van der Waals surface area contributed by atoms with E-state index < -0.39 is 11.5 Å². The van der Waals surface area contributed by atoms with E-state index in [4.69, 9.17) is 0 Å². The molecule has 1 aromatic carbocycles. The number of nitrogens with one attached hydrogen (secondary N) is 2. The largest absolute Gasteiger partial charge is 0.391 e. The third-order valence-electron chi connectivity index (χ3n) is 3.96. The number of benzene rings is 1. The summed E-state index contributed by atoms with van der Waals surface area (Å²) in [5, 5.41) is 15.7. The van der Waals surface area contributed by atoms with Crippen LogP contribution >= 0.6 is 12.4 Å². The summed E-state index contributed by atoms with van der Waals surface area (Å²) < 4.78 is 12.9. The lowest BCUT2D eigenvalue weighted by atomic mass is 9.83. The van der Waals surface area contributed by atoms with Gasteiger partial charge in [0, 0.05) is 25.6 Å². The molecular formula is C15H22ClFN2O2. The molecule has 1 aliphatic heterocycles. The van der Waals surface area contributed by atoms with Crippen LogP contribution in [-0.4, -0.2) is 36.8 Å². The molecule has 1 fully saturated rings. The first kappa shape index (κ1) is 17.9. The van der Waals surface area contributed by atoms with Gasteiger partial charge in [0.2, 0.25) is 5.91 Å². The summed E-state index contributed by atoms with van der Waals surface area (Å²) in [4.78, 5) is 12.3. The normalized spacial score (nSPS) is 21.7. The molecule has 1 heterocycles. The van der Waals surface area contributed by atoms with Gasteiger partial charge in [-0.1, -0.05) is 12.1 Å². The average molecular weight is 317 g/mol. The quantitative estimate of drug-likeness (QED) is 0.783. The maximum Gasteiger partial charge on any atom is 0.230 e. The van der Waals surface area contributed by atoms with Crippen LogP contribution in [0.3, 0.4) is 0 Å². The van der Waals surface area contributed by atoms with E-state index >= 15 is 0 Å². The molecule has 0 saturated carbocycles. The summed E-state index contributed by atoms with van der Waals surface area (Å²) in [5.41, 5.74) is 0.0338. The van der Waals surface area contributed by atoms with Gasteiger partial charge < -0.3 is 15.7 Å². The number of carbonyl (C=O) groups excluding carboxylic acids is 1. The van der Waals surface area contributed by atoms with E-state index in [1.165, 1.54) is 12.1 Å². The Hall–Kier alpha value is -1.17. The van der Waals surface area contributed by atoms with Crippen molar-refractivity contribution in [3.8, 4) is 0 Å².